The summed E-state index contributed by atoms with van der Waals surface area (Å²) in [5, 5.41) is 12.6. The van der Waals surface area contributed by atoms with E-state index in [9.17, 15) is 14.9 Å². The molecule has 6 rings (SSSR count). The first-order valence-corrected chi connectivity index (χ1v) is 19.4. The number of halogens is 1. The smallest absolute Gasteiger partial charge is 0.410 e. The molecular formula is C40H52ClN7O6. The number of benzene rings is 2. The van der Waals surface area contributed by atoms with Crippen molar-refractivity contribution in [2.75, 3.05) is 76.0 Å². The van der Waals surface area contributed by atoms with Crippen LogP contribution in [0.15, 0.2) is 36.4 Å². The maximum absolute atomic E-state index is 13.2. The van der Waals surface area contributed by atoms with Crippen LogP contribution in [0.2, 0.25) is 5.02 Å². The molecule has 0 radical (unpaired) electrons. The van der Waals surface area contributed by atoms with E-state index >= 15 is 0 Å². The zero-order valence-corrected chi connectivity index (χ0v) is 32.6. The summed E-state index contributed by atoms with van der Waals surface area (Å²) in [7, 11) is 1.38. The van der Waals surface area contributed by atoms with Crippen molar-refractivity contribution in [2.24, 2.45) is 0 Å². The van der Waals surface area contributed by atoms with Crippen LogP contribution in [0.1, 0.15) is 64.1 Å². The Morgan fingerprint density at radius 1 is 1.02 bits per heavy atom. The van der Waals surface area contributed by atoms with Gasteiger partial charge in [-0.05, 0) is 70.5 Å². The Kier molecular flexibility index (Phi) is 13.0. The molecule has 4 heterocycles. The van der Waals surface area contributed by atoms with Crippen LogP contribution >= 0.6 is 11.6 Å². The van der Waals surface area contributed by atoms with E-state index < -0.39 is 11.7 Å². The van der Waals surface area contributed by atoms with Crippen molar-refractivity contribution in [1.29, 1.82) is 5.26 Å². The Hall–Kier alpha value is -4.38. The average molecular weight is 762 g/mol. The van der Waals surface area contributed by atoms with Crippen LogP contribution < -0.4 is 14.5 Å². The second kappa shape index (κ2) is 17.8. The molecule has 2 fully saturated rings. The molecule has 1 amide bonds. The largest absolute Gasteiger partial charge is 0.469 e. The van der Waals surface area contributed by atoms with Gasteiger partial charge in [0.25, 0.3) is 0 Å². The van der Waals surface area contributed by atoms with Crippen LogP contribution in [-0.4, -0.2) is 116 Å². The van der Waals surface area contributed by atoms with E-state index in [1.54, 1.807) is 4.90 Å². The van der Waals surface area contributed by atoms with Gasteiger partial charge in [-0.25, -0.2) is 4.79 Å². The highest BCUT2D eigenvalue weighted by Crippen LogP contribution is 2.37. The number of carbonyl (C=O) groups excluding carboxylic acids is 2. The maximum Gasteiger partial charge on any atom is 0.410 e. The first-order chi connectivity index (χ1) is 26.0. The van der Waals surface area contributed by atoms with E-state index in [-0.39, 0.29) is 30.9 Å². The predicted octanol–water partition coefficient (Wildman–Crippen LogP) is 6.00. The van der Waals surface area contributed by atoms with Gasteiger partial charge in [0, 0.05) is 62.0 Å². The van der Waals surface area contributed by atoms with Crippen molar-refractivity contribution in [1.82, 2.24) is 19.8 Å². The summed E-state index contributed by atoms with van der Waals surface area (Å²) in [4.78, 5) is 43.3. The number of ether oxygens (including phenoxy) is 4. The minimum absolute atomic E-state index is 0.176. The van der Waals surface area contributed by atoms with Crippen LogP contribution in [0.5, 0.6) is 6.01 Å². The Balaban J connectivity index is 1.22. The van der Waals surface area contributed by atoms with Crippen LogP contribution in [0.4, 0.5) is 16.3 Å². The molecule has 0 spiro atoms. The lowest BCUT2D eigenvalue weighted by atomic mass is 10.0. The van der Waals surface area contributed by atoms with Crippen molar-refractivity contribution in [3.05, 3.63) is 52.7 Å². The second-order valence-electron chi connectivity index (χ2n) is 15.1. The lowest BCUT2D eigenvalue weighted by Crippen LogP contribution is -2.56. The summed E-state index contributed by atoms with van der Waals surface area (Å²) >= 11 is 6.76. The first kappa shape index (κ1) is 39.3. The molecule has 1 aromatic heterocycles. The van der Waals surface area contributed by atoms with Gasteiger partial charge in [0.2, 0.25) is 0 Å². The summed E-state index contributed by atoms with van der Waals surface area (Å²) in [6.07, 6.45) is 3.68. The Bertz CT molecular complexity index is 1830. The number of nitriles is 1. The molecule has 290 valence electrons. The number of piperazine rings is 1. The Morgan fingerprint density at radius 2 is 1.83 bits per heavy atom. The number of anilines is 2. The number of hydrogen-bond donors (Lipinski definition) is 0. The van der Waals surface area contributed by atoms with Gasteiger partial charge in [0.1, 0.15) is 18.0 Å². The van der Waals surface area contributed by atoms with Gasteiger partial charge in [-0.3, -0.25) is 9.69 Å². The lowest BCUT2D eigenvalue weighted by molar-refractivity contribution is -0.141. The number of likely N-dealkylation sites (tertiary alicyclic amines) is 1. The van der Waals surface area contributed by atoms with E-state index in [2.05, 4.69) is 49.8 Å². The molecule has 3 aromatic rings. The number of nitrogens with zero attached hydrogens (tertiary/aromatic N) is 7. The predicted molar refractivity (Wildman–Crippen MR) is 207 cm³/mol. The number of esters is 1. The fourth-order valence-corrected chi connectivity index (χ4v) is 7.91. The normalized spacial score (nSPS) is 19.1. The third-order valence-electron chi connectivity index (χ3n) is 10.2. The molecule has 0 aliphatic carbocycles. The van der Waals surface area contributed by atoms with Crippen molar-refractivity contribution < 1.29 is 28.5 Å². The summed E-state index contributed by atoms with van der Waals surface area (Å²) in [6.45, 7) is 11.5. The molecule has 54 heavy (non-hydrogen) atoms. The van der Waals surface area contributed by atoms with E-state index in [4.69, 9.17) is 35.8 Å². The molecule has 0 saturated carbocycles. The molecule has 2 saturated heterocycles. The lowest BCUT2D eigenvalue weighted by Gasteiger charge is -2.42. The Morgan fingerprint density at radius 3 is 2.61 bits per heavy atom. The highest BCUT2D eigenvalue weighted by Gasteiger charge is 2.36. The molecule has 13 nitrogen and oxygen atoms in total. The van der Waals surface area contributed by atoms with Gasteiger partial charge >= 0.3 is 18.1 Å². The molecule has 3 aliphatic heterocycles. The quantitative estimate of drug-likeness (QED) is 0.150. The standard InChI is InChI=1S/C40H52ClN7O6/c1-40(2,3)54-39(50)48-22-21-47(25-29(48)14-17-42)37-31-15-20-46(34-13-6-10-28-9-5-12-32(41)36(28)34)26-33(31)43-38(44-37)53-27-30-11-7-18-45(30)19-8-23-52-24-16-35(49)51-4/h5-6,9-10,12-13,29-30H,7-8,11,14-16,18-27H2,1-4H3/t29-,30-/m0/s1. The highest BCUT2D eigenvalue weighted by atomic mass is 35.5. The summed E-state index contributed by atoms with van der Waals surface area (Å²) in [5.41, 5.74) is 2.37. The zero-order valence-electron chi connectivity index (χ0n) is 31.9. The highest BCUT2D eigenvalue weighted by molar-refractivity contribution is 6.36. The van der Waals surface area contributed by atoms with Gasteiger partial charge < -0.3 is 33.6 Å². The van der Waals surface area contributed by atoms with Crippen LogP contribution in [-0.2, 0) is 32.0 Å². The van der Waals surface area contributed by atoms with Crippen molar-refractivity contribution in [2.45, 2.75) is 83.5 Å². The van der Waals surface area contributed by atoms with E-state index in [1.807, 2.05) is 32.9 Å². The number of amides is 1. The first-order valence-electron chi connectivity index (χ1n) is 19.0. The van der Waals surface area contributed by atoms with Crippen molar-refractivity contribution in [3.8, 4) is 12.1 Å². The van der Waals surface area contributed by atoms with E-state index in [1.165, 1.54) is 7.11 Å². The monoisotopic (exact) mass is 761 g/mol. The summed E-state index contributed by atoms with van der Waals surface area (Å²) in [5.74, 6) is 0.528. The van der Waals surface area contributed by atoms with Gasteiger partial charge in [-0.1, -0.05) is 35.9 Å². The Labute approximate surface area is 323 Å². The number of carbonyl (C=O) groups is 2. The molecule has 0 unspecified atom stereocenters. The zero-order chi connectivity index (χ0) is 38.2. The SMILES string of the molecule is COC(=O)CCOCCCN1CCC[C@H]1COc1nc2c(c(N3CCN(C(=O)OC(C)(C)C)[C@@H](CC#N)C3)n1)CCN(c1cccc3cccc(Cl)c13)C2. The number of methoxy groups -OCH3 is 1. The van der Waals surface area contributed by atoms with Crippen LogP contribution in [0.25, 0.3) is 10.8 Å². The fourth-order valence-electron chi connectivity index (χ4n) is 7.63. The maximum atomic E-state index is 13.2. The molecule has 2 atom stereocenters. The van der Waals surface area contributed by atoms with E-state index in [0.717, 1.165) is 72.4 Å². The van der Waals surface area contributed by atoms with Gasteiger partial charge in [-0.15, -0.1) is 0 Å². The number of hydrogen-bond acceptors (Lipinski definition) is 12. The summed E-state index contributed by atoms with van der Waals surface area (Å²) in [6, 6.07) is 14.7. The second-order valence-corrected chi connectivity index (χ2v) is 15.5. The molecule has 0 N–H and O–H groups in total. The molecule has 0 bridgehead atoms. The fraction of sp³-hybridized carbons (Fsp3) is 0.575. The molecular weight excluding hydrogens is 710 g/mol. The molecule has 3 aliphatic rings. The molecule has 2 aromatic carbocycles. The third kappa shape index (κ3) is 9.64. The van der Waals surface area contributed by atoms with Crippen LogP contribution in [0, 0.1) is 11.3 Å². The number of rotatable bonds is 13. The third-order valence-corrected chi connectivity index (χ3v) is 10.6. The topological polar surface area (TPSA) is 134 Å². The minimum atomic E-state index is -0.641. The number of fused-ring (bicyclic) bond motifs is 2. The van der Waals surface area contributed by atoms with Crippen molar-refractivity contribution in [3.63, 3.8) is 0 Å². The van der Waals surface area contributed by atoms with Gasteiger partial charge in [0.05, 0.1) is 55.9 Å². The molecule has 14 heteroatoms. The number of aromatic nitrogens is 2. The minimum Gasteiger partial charge on any atom is -0.469 e. The summed E-state index contributed by atoms with van der Waals surface area (Å²) < 4.78 is 22.5. The van der Waals surface area contributed by atoms with E-state index in [0.29, 0.717) is 63.5 Å². The van der Waals surface area contributed by atoms with Gasteiger partial charge in [-0.2, -0.15) is 15.2 Å². The van der Waals surface area contributed by atoms with Crippen molar-refractivity contribution >= 4 is 45.9 Å². The van der Waals surface area contributed by atoms with Crippen LogP contribution in [0.3, 0.4) is 0 Å². The van der Waals surface area contributed by atoms with Gasteiger partial charge in [0.15, 0.2) is 0 Å². The average Bonchev–Trinajstić information content (AvgIpc) is 3.61.